The van der Waals surface area contributed by atoms with Crippen molar-refractivity contribution in [2.24, 2.45) is 0 Å². The number of fused-ring (bicyclic) bond motifs is 6. The summed E-state index contributed by atoms with van der Waals surface area (Å²) in [5, 5.41) is 3.95. The van der Waals surface area contributed by atoms with Crippen LogP contribution in [-0.4, -0.2) is 9.13 Å². The molecule has 0 N–H and O–H groups in total. The fourth-order valence-electron chi connectivity index (χ4n) is 5.54. The number of benzene rings is 4. The van der Waals surface area contributed by atoms with Gasteiger partial charge in [0.05, 0.1) is 16.6 Å². The van der Waals surface area contributed by atoms with Gasteiger partial charge in [-0.05, 0) is 73.9 Å². The summed E-state index contributed by atoms with van der Waals surface area (Å²) in [6.45, 7) is 2.14. The van der Waals surface area contributed by atoms with Crippen LogP contribution in [0.2, 0.25) is 0 Å². The number of allylic oxidation sites excluding steroid dienone is 1. The summed E-state index contributed by atoms with van der Waals surface area (Å²) in [5.74, 6) is 0. The first-order chi connectivity index (χ1) is 16.3. The Morgan fingerprint density at radius 2 is 1.27 bits per heavy atom. The predicted octanol–water partition coefficient (Wildman–Crippen LogP) is 8.00. The van der Waals surface area contributed by atoms with Gasteiger partial charge in [-0.15, -0.1) is 0 Å². The number of rotatable bonds is 2. The maximum atomic E-state index is 2.44. The van der Waals surface area contributed by atoms with Gasteiger partial charge < -0.3 is 9.13 Å². The lowest BCUT2D eigenvalue weighted by Gasteiger charge is -2.13. The van der Waals surface area contributed by atoms with E-state index in [1.807, 2.05) is 0 Å². The van der Waals surface area contributed by atoms with Crippen LogP contribution in [0.25, 0.3) is 50.2 Å². The van der Waals surface area contributed by atoms with Gasteiger partial charge in [0, 0.05) is 33.2 Å². The molecular formula is C31H24N2. The van der Waals surface area contributed by atoms with Crippen molar-refractivity contribution < 1.29 is 0 Å². The third-order valence-corrected chi connectivity index (χ3v) is 7.06. The summed E-state index contributed by atoms with van der Waals surface area (Å²) >= 11 is 0. The zero-order valence-corrected chi connectivity index (χ0v) is 18.6. The third-order valence-electron chi connectivity index (χ3n) is 7.06. The van der Waals surface area contributed by atoms with Gasteiger partial charge in [-0.2, -0.15) is 0 Å². The summed E-state index contributed by atoms with van der Waals surface area (Å²) < 4.78 is 4.83. The molecule has 0 amide bonds. The third kappa shape index (κ3) is 2.67. The average Bonchev–Trinajstić information content (AvgIpc) is 3.37. The first kappa shape index (κ1) is 18.5. The molecule has 7 rings (SSSR count). The first-order valence-corrected chi connectivity index (χ1v) is 11.7. The number of hydrogen-bond acceptors (Lipinski definition) is 0. The van der Waals surface area contributed by atoms with Crippen molar-refractivity contribution in [3.63, 3.8) is 0 Å². The van der Waals surface area contributed by atoms with Crippen LogP contribution in [0.4, 0.5) is 0 Å². The molecule has 1 aliphatic carbocycles. The Morgan fingerprint density at radius 3 is 2.09 bits per heavy atom. The lowest BCUT2D eigenvalue weighted by molar-refractivity contribution is 0.968. The minimum atomic E-state index is 1.11. The maximum absolute atomic E-state index is 2.44. The molecule has 0 saturated heterocycles. The van der Waals surface area contributed by atoms with Crippen molar-refractivity contribution in [3.05, 3.63) is 114 Å². The van der Waals surface area contributed by atoms with Gasteiger partial charge in [0.25, 0.3) is 0 Å². The topological polar surface area (TPSA) is 9.86 Å². The second-order valence-electron chi connectivity index (χ2n) is 9.05. The SMILES string of the molecule is Cc1ccc(-n2c3ccccc3c3cc(-n4c5c(c6ccccc64)CCC=C5)ccc32)cc1. The smallest absolute Gasteiger partial charge is 0.0542 e. The van der Waals surface area contributed by atoms with Crippen LogP contribution in [0.3, 0.4) is 0 Å². The molecule has 2 heterocycles. The van der Waals surface area contributed by atoms with E-state index < -0.39 is 0 Å². The second-order valence-corrected chi connectivity index (χ2v) is 9.05. The summed E-state index contributed by atoms with van der Waals surface area (Å²) in [6, 6.07) is 33.3. The van der Waals surface area contributed by atoms with Crippen LogP contribution in [0.15, 0.2) is 97.1 Å². The van der Waals surface area contributed by atoms with Gasteiger partial charge >= 0.3 is 0 Å². The van der Waals surface area contributed by atoms with Crippen molar-refractivity contribution in [2.75, 3.05) is 0 Å². The van der Waals surface area contributed by atoms with E-state index >= 15 is 0 Å². The van der Waals surface area contributed by atoms with E-state index in [0.717, 1.165) is 12.8 Å². The standard InChI is InChI=1S/C31H24N2/c1-21-14-16-22(17-15-21)32-30-13-7-4-10-26(30)27-20-23(18-19-31(27)32)33-28-11-5-2-8-24(28)25-9-3-6-12-29(25)33/h2,4-8,10-20H,3,9H2,1H3. The van der Waals surface area contributed by atoms with Gasteiger partial charge in [0.15, 0.2) is 0 Å². The van der Waals surface area contributed by atoms with Crippen LogP contribution < -0.4 is 0 Å². The van der Waals surface area contributed by atoms with Gasteiger partial charge in [0.1, 0.15) is 0 Å². The van der Waals surface area contributed by atoms with E-state index in [9.17, 15) is 0 Å². The normalized spacial score (nSPS) is 13.2. The van der Waals surface area contributed by atoms with Crippen molar-refractivity contribution in [2.45, 2.75) is 19.8 Å². The quantitative estimate of drug-likeness (QED) is 0.266. The fraction of sp³-hybridized carbons (Fsp3) is 0.0968. The molecule has 0 unspecified atom stereocenters. The van der Waals surface area contributed by atoms with Crippen LogP contribution in [0.1, 0.15) is 23.2 Å². The van der Waals surface area contributed by atoms with Gasteiger partial charge in [0.2, 0.25) is 0 Å². The number of para-hydroxylation sites is 2. The summed E-state index contributed by atoms with van der Waals surface area (Å²) in [5.41, 5.74) is 10.3. The highest BCUT2D eigenvalue weighted by Crippen LogP contribution is 2.37. The number of nitrogens with zero attached hydrogens (tertiary/aromatic N) is 2. The molecule has 0 aliphatic heterocycles. The highest BCUT2D eigenvalue weighted by molar-refractivity contribution is 6.10. The highest BCUT2D eigenvalue weighted by atomic mass is 15.0. The van der Waals surface area contributed by atoms with Crippen LogP contribution in [0, 0.1) is 6.92 Å². The lowest BCUT2D eigenvalue weighted by atomic mass is 10.0. The van der Waals surface area contributed by atoms with Gasteiger partial charge in [-0.3, -0.25) is 0 Å². The van der Waals surface area contributed by atoms with Crippen molar-refractivity contribution in [1.82, 2.24) is 9.13 Å². The Morgan fingerprint density at radius 1 is 0.606 bits per heavy atom. The fourth-order valence-corrected chi connectivity index (χ4v) is 5.54. The first-order valence-electron chi connectivity index (χ1n) is 11.7. The van der Waals surface area contributed by atoms with Gasteiger partial charge in [-0.1, -0.05) is 60.2 Å². The highest BCUT2D eigenvalue weighted by Gasteiger charge is 2.19. The molecule has 6 aromatic rings. The van der Waals surface area contributed by atoms with Crippen molar-refractivity contribution >= 4 is 38.8 Å². The monoisotopic (exact) mass is 424 g/mol. The lowest BCUT2D eigenvalue weighted by Crippen LogP contribution is -2.00. The molecular weight excluding hydrogens is 400 g/mol. The summed E-state index contributed by atoms with van der Waals surface area (Å²) in [4.78, 5) is 0. The molecule has 1 aliphatic rings. The molecule has 0 fully saturated rings. The zero-order valence-electron chi connectivity index (χ0n) is 18.6. The van der Waals surface area contributed by atoms with E-state index in [0.29, 0.717) is 0 Å². The van der Waals surface area contributed by atoms with E-state index in [4.69, 9.17) is 0 Å². The Hall–Kier alpha value is -4.04. The molecule has 0 radical (unpaired) electrons. The number of aryl methyl sites for hydroxylation is 2. The molecule has 158 valence electrons. The van der Waals surface area contributed by atoms with Crippen LogP contribution >= 0.6 is 0 Å². The van der Waals surface area contributed by atoms with Crippen molar-refractivity contribution in [1.29, 1.82) is 0 Å². The van der Waals surface area contributed by atoms with E-state index in [1.54, 1.807) is 0 Å². The van der Waals surface area contributed by atoms with Gasteiger partial charge in [-0.25, -0.2) is 0 Å². The second kappa shape index (κ2) is 6.98. The van der Waals surface area contributed by atoms with Crippen molar-refractivity contribution in [3.8, 4) is 11.4 Å². The van der Waals surface area contributed by atoms with E-state index in [1.165, 1.54) is 60.9 Å². The van der Waals surface area contributed by atoms with E-state index in [2.05, 4.69) is 119 Å². The van der Waals surface area contributed by atoms with Crippen LogP contribution in [0.5, 0.6) is 0 Å². The summed E-state index contributed by atoms with van der Waals surface area (Å²) in [7, 11) is 0. The largest absolute Gasteiger partial charge is 0.310 e. The van der Waals surface area contributed by atoms with E-state index in [-0.39, 0.29) is 0 Å². The molecule has 2 nitrogen and oxygen atoms in total. The maximum Gasteiger partial charge on any atom is 0.0542 e. The molecule has 2 heteroatoms. The Bertz CT molecular complexity index is 1710. The molecule has 0 bridgehead atoms. The predicted molar refractivity (Wildman–Crippen MR) is 140 cm³/mol. The summed E-state index contributed by atoms with van der Waals surface area (Å²) in [6.07, 6.45) is 6.83. The zero-order chi connectivity index (χ0) is 21.9. The average molecular weight is 425 g/mol. The Kier molecular flexibility index (Phi) is 3.92. The molecule has 0 saturated carbocycles. The number of aromatic nitrogens is 2. The molecule has 2 aromatic heterocycles. The molecule has 33 heavy (non-hydrogen) atoms. The minimum Gasteiger partial charge on any atom is -0.310 e. The van der Waals surface area contributed by atoms with Crippen LogP contribution in [-0.2, 0) is 6.42 Å². The minimum absolute atomic E-state index is 1.11. The number of hydrogen-bond donors (Lipinski definition) is 0. The Balaban J connectivity index is 1.54. The molecule has 4 aromatic carbocycles. The Labute approximate surface area is 193 Å². The molecule has 0 spiro atoms. The molecule has 0 atom stereocenters.